The summed E-state index contributed by atoms with van der Waals surface area (Å²) < 4.78 is 5.28. The van der Waals surface area contributed by atoms with Crippen LogP contribution in [0.1, 0.15) is 5.01 Å². The maximum absolute atomic E-state index is 12.4. The maximum atomic E-state index is 12.4. The standard InChI is InChI=1S/C21H10Cl2N4O4S/c22-13-1-3-16(23)17(7-13)25-9-12(8-24)20-26-18(10-32-20)15-6-11-5-14(27(29)30)2-4-19(11)31-21(15)28/h1-7,9-10,25H. The van der Waals surface area contributed by atoms with Crippen molar-refractivity contribution < 1.29 is 9.34 Å². The number of non-ortho nitro benzene ring substituents is 1. The van der Waals surface area contributed by atoms with Crippen LogP contribution >= 0.6 is 34.5 Å². The molecule has 0 saturated heterocycles. The molecule has 0 aliphatic heterocycles. The summed E-state index contributed by atoms with van der Waals surface area (Å²) in [5.41, 5.74) is 0.586. The zero-order chi connectivity index (χ0) is 22.8. The van der Waals surface area contributed by atoms with Crippen LogP contribution in [0.5, 0.6) is 0 Å². The molecule has 2 aromatic carbocycles. The first-order valence-electron chi connectivity index (χ1n) is 8.86. The number of nitrogens with one attached hydrogen (secondary N) is 1. The van der Waals surface area contributed by atoms with Crippen LogP contribution in [0.25, 0.3) is 27.8 Å². The summed E-state index contributed by atoms with van der Waals surface area (Å²) in [7, 11) is 0. The molecule has 0 amide bonds. The van der Waals surface area contributed by atoms with Crippen molar-refractivity contribution in [1.82, 2.24) is 4.98 Å². The van der Waals surface area contributed by atoms with Crippen LogP contribution in [0.15, 0.2) is 63.3 Å². The monoisotopic (exact) mass is 484 g/mol. The minimum atomic E-state index is -0.644. The zero-order valence-electron chi connectivity index (χ0n) is 15.8. The number of anilines is 1. The average molecular weight is 485 g/mol. The van der Waals surface area contributed by atoms with E-state index in [0.29, 0.717) is 26.1 Å². The van der Waals surface area contributed by atoms with Crippen molar-refractivity contribution in [3.63, 3.8) is 0 Å². The Kier molecular flexibility index (Phi) is 5.92. The van der Waals surface area contributed by atoms with E-state index in [-0.39, 0.29) is 28.1 Å². The number of rotatable bonds is 5. The van der Waals surface area contributed by atoms with Gasteiger partial charge in [-0.25, -0.2) is 9.78 Å². The van der Waals surface area contributed by atoms with E-state index in [0.717, 1.165) is 11.3 Å². The number of allylic oxidation sites excluding steroid dienone is 1. The molecular weight excluding hydrogens is 475 g/mol. The van der Waals surface area contributed by atoms with Gasteiger partial charge in [0.05, 0.1) is 26.9 Å². The van der Waals surface area contributed by atoms with Gasteiger partial charge in [0.25, 0.3) is 5.69 Å². The van der Waals surface area contributed by atoms with Crippen molar-refractivity contribution in [1.29, 1.82) is 5.26 Å². The molecule has 0 atom stereocenters. The van der Waals surface area contributed by atoms with E-state index >= 15 is 0 Å². The van der Waals surface area contributed by atoms with Crippen molar-refractivity contribution >= 4 is 62.5 Å². The minimum Gasteiger partial charge on any atom is -0.422 e. The molecule has 4 aromatic rings. The molecule has 8 nitrogen and oxygen atoms in total. The molecule has 0 bridgehead atoms. The van der Waals surface area contributed by atoms with E-state index in [1.807, 2.05) is 6.07 Å². The molecule has 11 heteroatoms. The summed E-state index contributed by atoms with van der Waals surface area (Å²) in [6.45, 7) is 0. The number of nitro groups is 1. The fourth-order valence-corrected chi connectivity index (χ4v) is 3.95. The fraction of sp³-hybridized carbons (Fsp3) is 0. The van der Waals surface area contributed by atoms with Gasteiger partial charge in [-0.3, -0.25) is 10.1 Å². The molecule has 0 spiro atoms. The van der Waals surface area contributed by atoms with Crippen LogP contribution in [-0.4, -0.2) is 9.91 Å². The van der Waals surface area contributed by atoms with Crippen molar-refractivity contribution in [2.45, 2.75) is 0 Å². The number of benzene rings is 2. The van der Waals surface area contributed by atoms with Crippen LogP contribution in [0.3, 0.4) is 0 Å². The number of halogens is 2. The molecular formula is C21H10Cl2N4O4S. The van der Waals surface area contributed by atoms with Crippen LogP contribution in [0, 0.1) is 21.4 Å². The smallest absolute Gasteiger partial charge is 0.345 e. The number of nitrogens with zero attached hydrogens (tertiary/aromatic N) is 3. The topological polar surface area (TPSA) is 122 Å². The molecule has 0 radical (unpaired) electrons. The quantitative estimate of drug-likeness (QED) is 0.157. The Labute approximate surface area is 194 Å². The first-order valence-corrected chi connectivity index (χ1v) is 10.5. The first-order chi connectivity index (χ1) is 15.4. The summed E-state index contributed by atoms with van der Waals surface area (Å²) in [6.07, 6.45) is 1.44. The van der Waals surface area contributed by atoms with Gasteiger partial charge in [-0.2, -0.15) is 5.26 Å². The van der Waals surface area contributed by atoms with Gasteiger partial charge < -0.3 is 9.73 Å². The SMILES string of the molecule is N#CC(=CNc1cc(Cl)ccc1Cl)c1nc(-c2cc3cc([N+](=O)[O-])ccc3oc2=O)cs1. The predicted octanol–water partition coefficient (Wildman–Crippen LogP) is 6.11. The van der Waals surface area contributed by atoms with E-state index in [1.54, 1.807) is 23.6 Å². The third-order valence-electron chi connectivity index (χ3n) is 4.36. The summed E-state index contributed by atoms with van der Waals surface area (Å²) in [5, 5.41) is 26.7. The van der Waals surface area contributed by atoms with Crippen molar-refractivity contribution in [3.8, 4) is 17.3 Å². The highest BCUT2D eigenvalue weighted by Gasteiger charge is 2.15. The summed E-state index contributed by atoms with van der Waals surface area (Å²) in [5.74, 6) is 0. The Balaban J connectivity index is 1.69. The van der Waals surface area contributed by atoms with Gasteiger partial charge in [0.2, 0.25) is 0 Å². The molecule has 0 fully saturated rings. The molecule has 0 aliphatic carbocycles. The highest BCUT2D eigenvalue weighted by Crippen LogP contribution is 2.29. The third kappa shape index (κ3) is 4.33. The second kappa shape index (κ2) is 8.80. The largest absolute Gasteiger partial charge is 0.422 e. The number of nitro benzene ring substituents is 1. The Morgan fingerprint density at radius 2 is 2.06 bits per heavy atom. The van der Waals surface area contributed by atoms with Gasteiger partial charge in [0, 0.05) is 34.1 Å². The lowest BCUT2D eigenvalue weighted by Crippen LogP contribution is -2.03. The molecule has 158 valence electrons. The summed E-state index contributed by atoms with van der Waals surface area (Å²) in [6, 6.07) is 12.3. The highest BCUT2D eigenvalue weighted by atomic mass is 35.5. The Morgan fingerprint density at radius 1 is 1.25 bits per heavy atom. The van der Waals surface area contributed by atoms with E-state index in [1.165, 1.54) is 30.5 Å². The minimum absolute atomic E-state index is 0.128. The van der Waals surface area contributed by atoms with E-state index < -0.39 is 10.5 Å². The zero-order valence-corrected chi connectivity index (χ0v) is 18.2. The second-order valence-electron chi connectivity index (χ2n) is 6.40. The first kappa shape index (κ1) is 21.5. The van der Waals surface area contributed by atoms with Gasteiger partial charge in [0.15, 0.2) is 0 Å². The van der Waals surface area contributed by atoms with Crippen LogP contribution in [0.2, 0.25) is 10.0 Å². The lowest BCUT2D eigenvalue weighted by atomic mass is 10.1. The van der Waals surface area contributed by atoms with Gasteiger partial charge in [-0.05, 0) is 30.3 Å². The second-order valence-corrected chi connectivity index (χ2v) is 8.10. The Hall–Kier alpha value is -3.71. The molecule has 0 aliphatic rings. The van der Waals surface area contributed by atoms with Crippen LogP contribution < -0.4 is 10.9 Å². The summed E-state index contributed by atoms with van der Waals surface area (Å²) in [4.78, 5) is 27.3. The number of thiazole rings is 1. The predicted molar refractivity (Wildman–Crippen MR) is 124 cm³/mol. The molecule has 4 rings (SSSR count). The number of hydrogen-bond acceptors (Lipinski definition) is 8. The van der Waals surface area contributed by atoms with Crippen LogP contribution in [0.4, 0.5) is 11.4 Å². The molecule has 1 N–H and O–H groups in total. The van der Waals surface area contributed by atoms with Gasteiger partial charge in [-0.15, -0.1) is 11.3 Å². The Morgan fingerprint density at radius 3 is 2.81 bits per heavy atom. The highest BCUT2D eigenvalue weighted by molar-refractivity contribution is 7.11. The normalized spacial score (nSPS) is 11.3. The molecule has 2 aromatic heterocycles. The van der Waals surface area contributed by atoms with Gasteiger partial charge in [0.1, 0.15) is 22.2 Å². The summed E-state index contributed by atoms with van der Waals surface area (Å²) >= 11 is 13.2. The number of nitriles is 1. The van der Waals surface area contributed by atoms with E-state index in [2.05, 4.69) is 10.3 Å². The molecule has 0 unspecified atom stereocenters. The Bertz CT molecular complexity index is 1500. The average Bonchev–Trinajstić information content (AvgIpc) is 3.25. The maximum Gasteiger partial charge on any atom is 0.345 e. The lowest BCUT2D eigenvalue weighted by molar-refractivity contribution is -0.384. The van der Waals surface area contributed by atoms with Gasteiger partial charge >= 0.3 is 5.63 Å². The van der Waals surface area contributed by atoms with Crippen LogP contribution in [-0.2, 0) is 0 Å². The number of fused-ring (bicyclic) bond motifs is 1. The van der Waals surface area contributed by atoms with E-state index in [4.69, 9.17) is 27.6 Å². The van der Waals surface area contributed by atoms with Crippen molar-refractivity contribution in [3.05, 3.63) is 89.6 Å². The fourth-order valence-electron chi connectivity index (χ4n) is 2.82. The molecule has 32 heavy (non-hydrogen) atoms. The van der Waals surface area contributed by atoms with E-state index in [9.17, 15) is 20.2 Å². The lowest BCUT2D eigenvalue weighted by Gasteiger charge is -2.04. The number of aromatic nitrogens is 1. The third-order valence-corrected chi connectivity index (χ3v) is 5.80. The van der Waals surface area contributed by atoms with Crippen molar-refractivity contribution in [2.75, 3.05) is 5.32 Å². The molecule has 2 heterocycles. The van der Waals surface area contributed by atoms with Crippen molar-refractivity contribution in [2.24, 2.45) is 0 Å². The number of hydrogen-bond donors (Lipinski definition) is 1. The molecule has 0 saturated carbocycles. The van der Waals surface area contributed by atoms with Gasteiger partial charge in [-0.1, -0.05) is 23.2 Å².